The molecule has 0 aromatic carbocycles. The SMILES string of the molecule is CCc1cnc(NCC2CC2)c(-c2cc(C)[n+](OC)c3[nH]ccc23)c1. The van der Waals surface area contributed by atoms with E-state index in [4.69, 9.17) is 9.82 Å². The minimum Gasteiger partial charge on any atom is -0.369 e. The Labute approximate surface area is 148 Å². The first-order valence-electron chi connectivity index (χ1n) is 9.01. The number of hydrogen-bond acceptors (Lipinski definition) is 3. The fraction of sp³-hybridized carbons (Fsp3) is 0.400. The molecule has 3 heterocycles. The maximum Gasteiger partial charge on any atom is 0.326 e. The standard InChI is InChI=1S/C20H24N4O/c1-4-14-10-18(19(22-11-14)23-12-15-5-6-15)17-9-13(2)24(25-3)20-16(17)7-8-21-20/h7-11,15H,4-6,12H2,1-3H3,(H,21,22,23)/p+1. The Morgan fingerprint density at radius 3 is 2.88 bits per heavy atom. The van der Waals surface area contributed by atoms with Gasteiger partial charge in [-0.25, -0.2) is 9.97 Å². The summed E-state index contributed by atoms with van der Waals surface area (Å²) in [5.74, 6) is 1.78. The quantitative estimate of drug-likeness (QED) is 0.679. The minimum atomic E-state index is 0.806. The molecule has 3 aromatic heterocycles. The van der Waals surface area contributed by atoms with Crippen LogP contribution in [0.4, 0.5) is 5.82 Å². The smallest absolute Gasteiger partial charge is 0.326 e. The second-order valence-electron chi connectivity index (χ2n) is 6.83. The van der Waals surface area contributed by atoms with E-state index in [2.05, 4.69) is 42.3 Å². The van der Waals surface area contributed by atoms with Gasteiger partial charge in [-0.2, -0.15) is 0 Å². The number of anilines is 1. The normalized spacial score (nSPS) is 14.0. The molecular weight excluding hydrogens is 312 g/mol. The van der Waals surface area contributed by atoms with Gasteiger partial charge in [0.25, 0.3) is 0 Å². The topological polar surface area (TPSA) is 53.8 Å². The van der Waals surface area contributed by atoms with Crippen molar-refractivity contribution >= 4 is 16.9 Å². The van der Waals surface area contributed by atoms with Crippen molar-refractivity contribution in [2.75, 3.05) is 19.0 Å². The molecule has 25 heavy (non-hydrogen) atoms. The van der Waals surface area contributed by atoms with Crippen LogP contribution in [0.25, 0.3) is 22.2 Å². The number of aromatic nitrogens is 3. The van der Waals surface area contributed by atoms with Crippen LogP contribution in [-0.2, 0) is 6.42 Å². The lowest BCUT2D eigenvalue weighted by Crippen LogP contribution is -2.44. The van der Waals surface area contributed by atoms with Crippen LogP contribution in [0.5, 0.6) is 0 Å². The molecule has 0 atom stereocenters. The van der Waals surface area contributed by atoms with E-state index in [1.165, 1.54) is 24.0 Å². The van der Waals surface area contributed by atoms with E-state index in [0.717, 1.165) is 47.0 Å². The number of hydrogen-bond donors (Lipinski definition) is 2. The van der Waals surface area contributed by atoms with Gasteiger partial charge in [0.15, 0.2) is 0 Å². The van der Waals surface area contributed by atoms with Crippen LogP contribution in [0, 0.1) is 12.8 Å². The number of nitrogens with zero attached hydrogens (tertiary/aromatic N) is 2. The fourth-order valence-electron chi connectivity index (χ4n) is 3.34. The third-order valence-electron chi connectivity index (χ3n) is 4.97. The maximum absolute atomic E-state index is 5.52. The summed E-state index contributed by atoms with van der Waals surface area (Å²) in [7, 11) is 1.69. The minimum absolute atomic E-state index is 0.806. The van der Waals surface area contributed by atoms with E-state index in [1.54, 1.807) is 7.11 Å². The fourth-order valence-corrected chi connectivity index (χ4v) is 3.34. The van der Waals surface area contributed by atoms with Gasteiger partial charge in [0.2, 0.25) is 0 Å². The van der Waals surface area contributed by atoms with Gasteiger partial charge in [0.1, 0.15) is 18.6 Å². The highest BCUT2D eigenvalue weighted by atomic mass is 16.6. The Balaban J connectivity index is 1.87. The zero-order chi connectivity index (χ0) is 17.4. The van der Waals surface area contributed by atoms with Crippen molar-refractivity contribution < 1.29 is 9.57 Å². The predicted octanol–water partition coefficient (Wildman–Crippen LogP) is 3.27. The molecule has 2 N–H and O–H groups in total. The van der Waals surface area contributed by atoms with E-state index >= 15 is 0 Å². The summed E-state index contributed by atoms with van der Waals surface area (Å²) < 4.78 is 1.83. The zero-order valence-electron chi connectivity index (χ0n) is 15.1. The lowest BCUT2D eigenvalue weighted by atomic mass is 10.0. The van der Waals surface area contributed by atoms with Gasteiger partial charge < -0.3 is 10.2 Å². The van der Waals surface area contributed by atoms with E-state index in [1.807, 2.05) is 17.1 Å². The largest absolute Gasteiger partial charge is 0.369 e. The first-order chi connectivity index (χ1) is 12.2. The van der Waals surface area contributed by atoms with Gasteiger partial charge in [0, 0.05) is 30.8 Å². The van der Waals surface area contributed by atoms with E-state index in [0.29, 0.717) is 0 Å². The van der Waals surface area contributed by atoms with Crippen LogP contribution < -0.4 is 14.9 Å². The van der Waals surface area contributed by atoms with Crippen molar-refractivity contribution in [2.24, 2.45) is 5.92 Å². The molecule has 1 aliphatic carbocycles. The van der Waals surface area contributed by atoms with E-state index in [9.17, 15) is 0 Å². The molecule has 3 aromatic rings. The summed E-state index contributed by atoms with van der Waals surface area (Å²) in [5, 5.41) is 4.71. The molecule has 0 aliphatic heterocycles. The summed E-state index contributed by atoms with van der Waals surface area (Å²) in [4.78, 5) is 13.5. The van der Waals surface area contributed by atoms with Crippen LogP contribution in [0.1, 0.15) is 31.0 Å². The summed E-state index contributed by atoms with van der Waals surface area (Å²) in [6.07, 6.45) is 7.57. The van der Waals surface area contributed by atoms with Crippen molar-refractivity contribution in [1.29, 1.82) is 0 Å². The molecule has 0 spiro atoms. The average molecular weight is 337 g/mol. The van der Waals surface area contributed by atoms with Crippen LogP contribution in [-0.4, -0.2) is 23.6 Å². The number of pyridine rings is 2. The highest BCUT2D eigenvalue weighted by Gasteiger charge is 2.23. The molecule has 0 saturated heterocycles. The van der Waals surface area contributed by atoms with Gasteiger partial charge in [-0.15, -0.1) is 0 Å². The van der Waals surface area contributed by atoms with Crippen LogP contribution in [0.15, 0.2) is 30.6 Å². The molecule has 0 radical (unpaired) electrons. The predicted molar refractivity (Wildman–Crippen MR) is 99.6 cm³/mol. The number of aromatic amines is 1. The molecule has 5 nitrogen and oxygen atoms in total. The van der Waals surface area contributed by atoms with Gasteiger partial charge >= 0.3 is 5.65 Å². The zero-order valence-corrected chi connectivity index (χ0v) is 15.1. The van der Waals surface area contributed by atoms with Gasteiger partial charge in [0.05, 0.1) is 11.6 Å². The Morgan fingerprint density at radius 2 is 2.16 bits per heavy atom. The molecule has 4 rings (SSSR count). The maximum atomic E-state index is 5.52. The highest BCUT2D eigenvalue weighted by Crippen LogP contribution is 2.34. The van der Waals surface area contributed by atoms with Crippen molar-refractivity contribution in [3.8, 4) is 11.1 Å². The number of H-pyrrole nitrogens is 1. The second kappa shape index (κ2) is 6.39. The number of fused-ring (bicyclic) bond motifs is 1. The van der Waals surface area contributed by atoms with Gasteiger partial charge in [-0.1, -0.05) is 6.92 Å². The second-order valence-corrected chi connectivity index (χ2v) is 6.83. The van der Waals surface area contributed by atoms with Crippen molar-refractivity contribution in [1.82, 2.24) is 9.97 Å². The lowest BCUT2D eigenvalue weighted by molar-refractivity contribution is -0.870. The third kappa shape index (κ3) is 2.95. The molecule has 0 unspecified atom stereocenters. The van der Waals surface area contributed by atoms with Crippen LogP contribution in [0.2, 0.25) is 0 Å². The summed E-state index contributed by atoms with van der Waals surface area (Å²) in [6.45, 7) is 5.23. The van der Waals surface area contributed by atoms with Crippen molar-refractivity contribution in [2.45, 2.75) is 33.1 Å². The molecule has 5 heteroatoms. The van der Waals surface area contributed by atoms with Crippen molar-refractivity contribution in [3.05, 3.63) is 41.9 Å². The van der Waals surface area contributed by atoms with Crippen molar-refractivity contribution in [3.63, 3.8) is 0 Å². The molecule has 1 aliphatic rings. The molecular formula is C20H25N4O+. The van der Waals surface area contributed by atoms with E-state index in [-0.39, 0.29) is 0 Å². The Kier molecular flexibility index (Phi) is 4.07. The lowest BCUT2D eigenvalue weighted by Gasteiger charge is -2.14. The Bertz CT molecular complexity index is 911. The van der Waals surface area contributed by atoms with Crippen LogP contribution in [0.3, 0.4) is 0 Å². The molecule has 0 bridgehead atoms. The number of aryl methyl sites for hydroxylation is 2. The molecule has 130 valence electrons. The van der Waals surface area contributed by atoms with Crippen LogP contribution >= 0.6 is 0 Å². The molecule has 1 saturated carbocycles. The molecule has 1 fully saturated rings. The van der Waals surface area contributed by atoms with E-state index < -0.39 is 0 Å². The summed E-state index contributed by atoms with van der Waals surface area (Å²) in [6, 6.07) is 6.54. The first kappa shape index (κ1) is 15.9. The first-order valence-corrected chi connectivity index (χ1v) is 9.01. The monoisotopic (exact) mass is 337 g/mol. The number of nitrogens with one attached hydrogen (secondary N) is 2. The highest BCUT2D eigenvalue weighted by molar-refractivity contribution is 5.95. The van der Waals surface area contributed by atoms with Gasteiger partial charge in [-0.3, -0.25) is 0 Å². The number of rotatable bonds is 6. The summed E-state index contributed by atoms with van der Waals surface area (Å²) in [5.41, 5.74) is 5.60. The average Bonchev–Trinajstić information content (AvgIpc) is 3.34. The Morgan fingerprint density at radius 1 is 1.32 bits per heavy atom. The molecule has 0 amide bonds. The third-order valence-corrected chi connectivity index (χ3v) is 4.97. The van der Waals surface area contributed by atoms with Gasteiger partial charge in [-0.05, 0) is 53.7 Å². The Hall–Kier alpha value is -2.56. The summed E-state index contributed by atoms with van der Waals surface area (Å²) >= 11 is 0.